The fourth-order valence-corrected chi connectivity index (χ4v) is 5.61. The number of hydrogen-bond acceptors (Lipinski definition) is 6. The number of hydrogen-bond donors (Lipinski definition) is 3. The fraction of sp³-hybridized carbons (Fsp3) is 0.639. The van der Waals surface area contributed by atoms with Gasteiger partial charge in [-0.3, -0.25) is 14.4 Å². The molecule has 0 bridgehead atoms. The zero-order valence-electron chi connectivity index (χ0n) is 27.8. The number of carbonyl (C=O) groups excluding carboxylic acids is 3. The number of likely N-dealkylation sites (N-methyl/N-ethyl adjacent to an activating group) is 2. The maximum atomic E-state index is 13.8. The number of nitrogens with one attached hydrogen (secondary N) is 2. The molecule has 7 atom stereocenters. The first-order chi connectivity index (χ1) is 21.5. The number of amides is 3. The highest BCUT2D eigenvalue weighted by atomic mass is 16.5. The number of terminal acetylenes is 2. The van der Waals surface area contributed by atoms with Crippen molar-refractivity contribution in [2.24, 2.45) is 17.8 Å². The van der Waals surface area contributed by atoms with Crippen molar-refractivity contribution < 1.29 is 24.2 Å². The zero-order valence-corrected chi connectivity index (χ0v) is 27.8. The highest BCUT2D eigenvalue weighted by Crippen LogP contribution is 2.28. The minimum absolute atomic E-state index is 0.00610. The number of rotatable bonds is 18. The summed E-state index contributed by atoms with van der Waals surface area (Å²) in [5.74, 6) is 3.17. The van der Waals surface area contributed by atoms with Crippen molar-refractivity contribution in [3.05, 3.63) is 35.9 Å². The van der Waals surface area contributed by atoms with Crippen LogP contribution in [-0.4, -0.2) is 97.8 Å². The molecule has 45 heavy (non-hydrogen) atoms. The van der Waals surface area contributed by atoms with Crippen molar-refractivity contribution in [1.29, 1.82) is 0 Å². The van der Waals surface area contributed by atoms with Crippen molar-refractivity contribution in [2.45, 2.75) is 89.6 Å². The highest BCUT2D eigenvalue weighted by Gasteiger charge is 2.33. The summed E-state index contributed by atoms with van der Waals surface area (Å²) < 4.78 is 6.24. The molecule has 0 radical (unpaired) electrons. The molecule has 0 aromatic heterocycles. The van der Waals surface area contributed by atoms with E-state index in [2.05, 4.69) is 29.4 Å². The summed E-state index contributed by atoms with van der Waals surface area (Å²) in [6.45, 7) is 5.10. The van der Waals surface area contributed by atoms with Crippen molar-refractivity contribution >= 4 is 17.7 Å². The highest BCUT2D eigenvalue weighted by molar-refractivity contribution is 5.91. The first kappa shape index (κ1) is 37.8. The van der Waals surface area contributed by atoms with E-state index in [1.807, 2.05) is 56.3 Å². The monoisotopic (exact) mass is 622 g/mol. The molecule has 2 rings (SSSR count). The number of carbonyl (C=O) groups is 3. The maximum Gasteiger partial charge on any atom is 0.243 e. The van der Waals surface area contributed by atoms with Gasteiger partial charge in [0.05, 0.1) is 24.2 Å². The quantitative estimate of drug-likeness (QED) is 0.217. The van der Waals surface area contributed by atoms with Gasteiger partial charge in [-0.05, 0) is 51.3 Å². The Morgan fingerprint density at radius 2 is 1.76 bits per heavy atom. The molecule has 1 aliphatic rings. The Bertz CT molecular complexity index is 1140. The van der Waals surface area contributed by atoms with Crippen molar-refractivity contribution in [3.8, 4) is 24.7 Å². The summed E-state index contributed by atoms with van der Waals surface area (Å²) in [6.07, 6.45) is 14.9. The molecule has 248 valence electrons. The average Bonchev–Trinajstić information content (AvgIpc) is 3.03. The molecule has 0 spiro atoms. The molecule has 0 heterocycles. The predicted molar refractivity (Wildman–Crippen MR) is 178 cm³/mol. The average molecular weight is 623 g/mol. The van der Waals surface area contributed by atoms with Gasteiger partial charge in [0, 0.05) is 45.4 Å². The Labute approximate surface area is 270 Å². The number of aliphatic hydroxyl groups excluding tert-OH is 1. The fourth-order valence-electron chi connectivity index (χ4n) is 5.61. The second kappa shape index (κ2) is 19.9. The molecule has 1 aromatic rings. The topological polar surface area (TPSA) is 111 Å². The van der Waals surface area contributed by atoms with Gasteiger partial charge in [-0.1, -0.05) is 57.0 Å². The lowest BCUT2D eigenvalue weighted by Crippen LogP contribution is -2.54. The Morgan fingerprint density at radius 1 is 1.07 bits per heavy atom. The Balaban J connectivity index is 2.16. The maximum absolute atomic E-state index is 13.8. The van der Waals surface area contributed by atoms with Gasteiger partial charge in [-0.2, -0.15) is 0 Å². The first-order valence-corrected chi connectivity index (χ1v) is 16.2. The van der Waals surface area contributed by atoms with Crippen LogP contribution < -0.4 is 10.6 Å². The van der Waals surface area contributed by atoms with E-state index in [9.17, 15) is 19.5 Å². The summed E-state index contributed by atoms with van der Waals surface area (Å²) in [7, 11) is 5.59. The van der Waals surface area contributed by atoms with Crippen LogP contribution in [0, 0.1) is 42.4 Å². The summed E-state index contributed by atoms with van der Waals surface area (Å²) in [5, 5.41) is 16.6. The van der Waals surface area contributed by atoms with Gasteiger partial charge in [0.1, 0.15) is 6.04 Å². The lowest BCUT2D eigenvalue weighted by Gasteiger charge is -2.34. The minimum atomic E-state index is -1.05. The van der Waals surface area contributed by atoms with Crippen molar-refractivity contribution in [1.82, 2.24) is 20.4 Å². The van der Waals surface area contributed by atoms with Gasteiger partial charge < -0.3 is 30.3 Å². The molecule has 0 saturated heterocycles. The molecule has 3 amide bonds. The summed E-state index contributed by atoms with van der Waals surface area (Å²) >= 11 is 0. The van der Waals surface area contributed by atoms with Crippen LogP contribution in [0.3, 0.4) is 0 Å². The van der Waals surface area contributed by atoms with E-state index in [1.165, 1.54) is 0 Å². The second-order valence-corrected chi connectivity index (χ2v) is 12.6. The minimum Gasteiger partial charge on any atom is -0.389 e. The van der Waals surface area contributed by atoms with E-state index in [-0.39, 0.29) is 31.4 Å². The molecule has 1 aliphatic carbocycles. The van der Waals surface area contributed by atoms with Gasteiger partial charge in [0.2, 0.25) is 17.7 Å². The molecule has 4 unspecified atom stereocenters. The van der Waals surface area contributed by atoms with Gasteiger partial charge in [0.15, 0.2) is 0 Å². The summed E-state index contributed by atoms with van der Waals surface area (Å²) in [5.41, 5.74) is 0.904. The van der Waals surface area contributed by atoms with Crippen LogP contribution in [0.25, 0.3) is 0 Å². The number of benzene rings is 1. The lowest BCUT2D eigenvalue weighted by molar-refractivity contribution is -0.137. The van der Waals surface area contributed by atoms with Crippen LogP contribution >= 0.6 is 0 Å². The Hall–Kier alpha value is -3.37. The zero-order chi connectivity index (χ0) is 33.4. The Kier molecular flexibility index (Phi) is 16.7. The van der Waals surface area contributed by atoms with E-state index in [4.69, 9.17) is 17.6 Å². The largest absolute Gasteiger partial charge is 0.389 e. The SMILES string of the molecule is C#CC[C@H](OC1CCCCC1C)[C@H](O)CNC(=O)[C@@H](NC(=O)C(CC(=O)N(C)CCN(C)C)Cc1ccccc1)C(C#C)CC. The molecule has 1 fully saturated rings. The van der Waals surface area contributed by atoms with Crippen LogP contribution in [0.2, 0.25) is 0 Å². The van der Waals surface area contributed by atoms with E-state index in [0.29, 0.717) is 31.8 Å². The van der Waals surface area contributed by atoms with Crippen LogP contribution in [0.5, 0.6) is 0 Å². The summed E-state index contributed by atoms with van der Waals surface area (Å²) in [6, 6.07) is 8.42. The third kappa shape index (κ3) is 12.9. The van der Waals surface area contributed by atoms with Crippen molar-refractivity contribution in [3.63, 3.8) is 0 Å². The van der Waals surface area contributed by atoms with Gasteiger partial charge in [0.25, 0.3) is 0 Å². The number of nitrogens with zero attached hydrogens (tertiary/aromatic N) is 2. The van der Waals surface area contributed by atoms with Gasteiger partial charge in [-0.25, -0.2) is 0 Å². The molecule has 0 aliphatic heterocycles. The third-order valence-corrected chi connectivity index (χ3v) is 8.68. The smallest absolute Gasteiger partial charge is 0.243 e. The lowest BCUT2D eigenvalue weighted by atomic mass is 9.87. The Morgan fingerprint density at radius 3 is 2.36 bits per heavy atom. The molecule has 9 nitrogen and oxygen atoms in total. The molecule has 9 heteroatoms. The number of ether oxygens (including phenoxy) is 1. The molecule has 3 N–H and O–H groups in total. The van der Waals surface area contributed by atoms with Crippen molar-refractivity contribution in [2.75, 3.05) is 40.8 Å². The van der Waals surface area contributed by atoms with Gasteiger partial charge >= 0.3 is 0 Å². The second-order valence-electron chi connectivity index (χ2n) is 12.6. The first-order valence-electron chi connectivity index (χ1n) is 16.2. The van der Waals surface area contributed by atoms with Crippen LogP contribution in [0.4, 0.5) is 0 Å². The van der Waals surface area contributed by atoms with E-state index in [0.717, 1.165) is 31.2 Å². The van der Waals surface area contributed by atoms with E-state index in [1.54, 1.807) is 11.9 Å². The number of aliphatic hydroxyl groups is 1. The molecule has 1 saturated carbocycles. The standard InChI is InChI=1S/C36H54N4O5/c1-8-16-32(45-31-20-15-14-17-26(31)4)30(41)25-37-36(44)34(28(9-2)10-3)38-35(43)29(23-27-18-12-11-13-19-27)24-33(42)40(7)22-21-39(5)6/h1-2,11-13,18-19,26,28-32,34,41H,10,14-17,20-25H2,3-7H3,(H,37,44)(H,38,43)/t26?,28?,29?,30-,31?,32+,34+/m1/s1. The van der Waals surface area contributed by atoms with Gasteiger partial charge in [-0.15, -0.1) is 24.7 Å². The predicted octanol–water partition coefficient (Wildman–Crippen LogP) is 2.86. The van der Waals surface area contributed by atoms with Crippen LogP contribution in [0.15, 0.2) is 30.3 Å². The molecular weight excluding hydrogens is 568 g/mol. The molecular formula is C36H54N4O5. The summed E-state index contributed by atoms with van der Waals surface area (Å²) in [4.78, 5) is 44.1. The van der Waals surface area contributed by atoms with Crippen LogP contribution in [0.1, 0.15) is 64.4 Å². The van der Waals surface area contributed by atoms with Crippen LogP contribution in [-0.2, 0) is 25.5 Å². The van der Waals surface area contributed by atoms with E-state index < -0.39 is 41.9 Å². The van der Waals surface area contributed by atoms with E-state index >= 15 is 0 Å². The third-order valence-electron chi connectivity index (χ3n) is 8.68. The molecule has 1 aromatic carbocycles. The normalized spacial score (nSPS) is 19.7.